The van der Waals surface area contributed by atoms with Gasteiger partial charge in [0.05, 0.1) is 0 Å². The lowest BCUT2D eigenvalue weighted by atomic mass is 10.0. The maximum absolute atomic E-state index is 13.3. The van der Waals surface area contributed by atoms with E-state index in [9.17, 15) is 8.78 Å². The summed E-state index contributed by atoms with van der Waals surface area (Å²) in [6, 6.07) is 4.21. The molecule has 2 unspecified atom stereocenters. The zero-order valence-electron chi connectivity index (χ0n) is 10.1. The van der Waals surface area contributed by atoms with Crippen LogP contribution in [0.15, 0.2) is 18.2 Å². The fourth-order valence-corrected chi connectivity index (χ4v) is 1.52. The summed E-state index contributed by atoms with van der Waals surface area (Å²) in [5, 5.41) is 3.15. The van der Waals surface area contributed by atoms with Gasteiger partial charge in [-0.3, -0.25) is 0 Å². The Bertz CT molecular complexity index is 318. The summed E-state index contributed by atoms with van der Waals surface area (Å²) in [6.07, 6.45) is 1.05. The molecule has 0 saturated heterocycles. The van der Waals surface area contributed by atoms with Gasteiger partial charge >= 0.3 is 0 Å². The van der Waals surface area contributed by atoms with Crippen LogP contribution < -0.4 is 5.32 Å². The van der Waals surface area contributed by atoms with Crippen molar-refractivity contribution in [1.82, 2.24) is 5.32 Å². The predicted molar refractivity (Wildman–Crippen MR) is 62.1 cm³/mol. The average molecular weight is 227 g/mol. The molecule has 0 radical (unpaired) electrons. The minimum Gasteiger partial charge on any atom is -0.310 e. The van der Waals surface area contributed by atoms with Crippen molar-refractivity contribution in [2.24, 2.45) is 5.92 Å². The molecule has 1 nitrogen and oxygen atoms in total. The first kappa shape index (κ1) is 13.1. The maximum atomic E-state index is 13.3. The van der Waals surface area contributed by atoms with Crippen LogP contribution >= 0.6 is 0 Å². The third kappa shape index (κ3) is 3.27. The summed E-state index contributed by atoms with van der Waals surface area (Å²) in [7, 11) is 0. The van der Waals surface area contributed by atoms with Crippen molar-refractivity contribution in [1.29, 1.82) is 0 Å². The quantitative estimate of drug-likeness (QED) is 0.812. The summed E-state index contributed by atoms with van der Waals surface area (Å²) >= 11 is 0. The third-order valence-corrected chi connectivity index (χ3v) is 3.16. The SMILES string of the molecule is CCC(C)C(C)NCc1c(F)cccc1F. The molecule has 0 aliphatic carbocycles. The van der Waals surface area contributed by atoms with Crippen molar-refractivity contribution in [3.8, 4) is 0 Å². The summed E-state index contributed by atoms with van der Waals surface area (Å²) in [5.74, 6) is -0.470. The number of hydrogen-bond donors (Lipinski definition) is 1. The average Bonchev–Trinajstić information content (AvgIpc) is 2.27. The summed E-state index contributed by atoms with van der Waals surface area (Å²) in [5.41, 5.74) is 0.123. The van der Waals surface area contributed by atoms with E-state index in [0.29, 0.717) is 5.92 Å². The van der Waals surface area contributed by atoms with Crippen molar-refractivity contribution < 1.29 is 8.78 Å². The predicted octanol–water partition coefficient (Wildman–Crippen LogP) is 3.49. The molecular formula is C13H19F2N. The Balaban J connectivity index is 2.61. The van der Waals surface area contributed by atoms with E-state index in [-0.39, 0.29) is 18.2 Å². The Morgan fingerprint density at radius 3 is 2.25 bits per heavy atom. The molecule has 0 aliphatic rings. The van der Waals surface area contributed by atoms with Crippen molar-refractivity contribution in [2.75, 3.05) is 0 Å². The van der Waals surface area contributed by atoms with Crippen LogP contribution in [0.2, 0.25) is 0 Å². The topological polar surface area (TPSA) is 12.0 Å². The van der Waals surface area contributed by atoms with Gasteiger partial charge in [-0.25, -0.2) is 8.78 Å². The van der Waals surface area contributed by atoms with Crippen molar-refractivity contribution in [3.63, 3.8) is 0 Å². The molecule has 0 aliphatic heterocycles. The maximum Gasteiger partial charge on any atom is 0.130 e. The Morgan fingerprint density at radius 2 is 1.75 bits per heavy atom. The van der Waals surface area contributed by atoms with E-state index in [4.69, 9.17) is 0 Å². The van der Waals surface area contributed by atoms with Crippen LogP contribution in [0.25, 0.3) is 0 Å². The summed E-state index contributed by atoms with van der Waals surface area (Å²) < 4.78 is 26.6. The standard InChI is InChI=1S/C13H19F2N/c1-4-9(2)10(3)16-8-11-12(14)6-5-7-13(11)15/h5-7,9-10,16H,4,8H2,1-3H3. The number of nitrogens with one attached hydrogen (secondary N) is 1. The Kier molecular flexibility index (Phi) is 4.87. The van der Waals surface area contributed by atoms with Gasteiger partial charge in [0.2, 0.25) is 0 Å². The summed E-state index contributed by atoms with van der Waals surface area (Å²) in [4.78, 5) is 0. The number of benzene rings is 1. The van der Waals surface area contributed by atoms with Gasteiger partial charge in [-0.05, 0) is 25.0 Å². The molecule has 1 rings (SSSR count). The van der Waals surface area contributed by atoms with Crippen LogP contribution in [-0.4, -0.2) is 6.04 Å². The molecule has 0 bridgehead atoms. The van der Waals surface area contributed by atoms with Crippen LogP contribution in [-0.2, 0) is 6.54 Å². The molecule has 90 valence electrons. The molecule has 1 aromatic rings. The zero-order valence-corrected chi connectivity index (χ0v) is 10.1. The number of hydrogen-bond acceptors (Lipinski definition) is 1. The highest BCUT2D eigenvalue weighted by atomic mass is 19.1. The molecule has 1 aromatic carbocycles. The van der Waals surface area contributed by atoms with Crippen LogP contribution in [0.3, 0.4) is 0 Å². The molecular weight excluding hydrogens is 208 g/mol. The van der Waals surface area contributed by atoms with Crippen LogP contribution in [0.4, 0.5) is 8.78 Å². The first-order valence-electron chi connectivity index (χ1n) is 5.72. The van der Waals surface area contributed by atoms with E-state index < -0.39 is 11.6 Å². The second kappa shape index (κ2) is 5.94. The first-order chi connectivity index (χ1) is 7.56. The number of halogens is 2. The number of rotatable bonds is 5. The van der Waals surface area contributed by atoms with E-state index in [1.54, 1.807) is 0 Å². The van der Waals surface area contributed by atoms with Gasteiger partial charge in [-0.2, -0.15) is 0 Å². The normalized spacial score (nSPS) is 14.8. The Hall–Kier alpha value is -0.960. The lowest BCUT2D eigenvalue weighted by Crippen LogP contribution is -2.31. The molecule has 0 saturated carbocycles. The minimum atomic E-state index is -0.483. The van der Waals surface area contributed by atoms with Gasteiger partial charge < -0.3 is 5.32 Å². The monoisotopic (exact) mass is 227 g/mol. The Labute approximate surface area is 95.9 Å². The lowest BCUT2D eigenvalue weighted by molar-refractivity contribution is 0.383. The van der Waals surface area contributed by atoms with Gasteiger partial charge in [-0.15, -0.1) is 0 Å². The molecule has 0 heterocycles. The van der Waals surface area contributed by atoms with Crippen LogP contribution in [0, 0.1) is 17.6 Å². The molecule has 0 spiro atoms. The molecule has 16 heavy (non-hydrogen) atoms. The van der Waals surface area contributed by atoms with Gasteiger partial charge in [0.1, 0.15) is 11.6 Å². The van der Waals surface area contributed by atoms with Gasteiger partial charge in [-0.1, -0.05) is 26.3 Å². The second-order valence-electron chi connectivity index (χ2n) is 4.26. The molecule has 0 aromatic heterocycles. The van der Waals surface area contributed by atoms with Crippen molar-refractivity contribution in [2.45, 2.75) is 39.8 Å². The fourth-order valence-electron chi connectivity index (χ4n) is 1.52. The second-order valence-corrected chi connectivity index (χ2v) is 4.26. The van der Waals surface area contributed by atoms with Crippen molar-refractivity contribution >= 4 is 0 Å². The smallest absolute Gasteiger partial charge is 0.130 e. The molecule has 0 amide bonds. The van der Waals surface area contributed by atoms with Gasteiger partial charge in [0, 0.05) is 18.2 Å². The first-order valence-corrected chi connectivity index (χ1v) is 5.72. The van der Waals surface area contributed by atoms with Crippen LogP contribution in [0.1, 0.15) is 32.8 Å². The van der Waals surface area contributed by atoms with Crippen LogP contribution in [0.5, 0.6) is 0 Å². The van der Waals surface area contributed by atoms with Crippen molar-refractivity contribution in [3.05, 3.63) is 35.4 Å². The molecule has 0 fully saturated rings. The van der Waals surface area contributed by atoms with E-state index in [1.165, 1.54) is 18.2 Å². The lowest BCUT2D eigenvalue weighted by Gasteiger charge is -2.20. The van der Waals surface area contributed by atoms with Gasteiger partial charge in [0.25, 0.3) is 0 Å². The Morgan fingerprint density at radius 1 is 1.19 bits per heavy atom. The fraction of sp³-hybridized carbons (Fsp3) is 0.538. The third-order valence-electron chi connectivity index (χ3n) is 3.16. The zero-order chi connectivity index (χ0) is 12.1. The van der Waals surface area contributed by atoms with E-state index in [2.05, 4.69) is 19.2 Å². The largest absolute Gasteiger partial charge is 0.310 e. The minimum absolute atomic E-state index is 0.123. The summed E-state index contributed by atoms with van der Waals surface area (Å²) in [6.45, 7) is 6.50. The molecule has 2 atom stereocenters. The van der Waals surface area contributed by atoms with E-state index >= 15 is 0 Å². The highest BCUT2D eigenvalue weighted by molar-refractivity contribution is 5.19. The van der Waals surface area contributed by atoms with E-state index in [1.807, 2.05) is 6.92 Å². The highest BCUT2D eigenvalue weighted by Gasteiger charge is 2.12. The highest BCUT2D eigenvalue weighted by Crippen LogP contribution is 2.13. The van der Waals surface area contributed by atoms with E-state index in [0.717, 1.165) is 6.42 Å². The molecule has 1 N–H and O–H groups in total. The van der Waals surface area contributed by atoms with Gasteiger partial charge in [0.15, 0.2) is 0 Å². The molecule has 3 heteroatoms.